The second-order valence-electron chi connectivity index (χ2n) is 7.93. The van der Waals surface area contributed by atoms with Gasteiger partial charge in [0, 0.05) is 19.1 Å². The molecular weight excluding hydrogens is 616 g/mol. The van der Waals surface area contributed by atoms with E-state index in [0.717, 1.165) is 25.5 Å². The maximum Gasteiger partial charge on any atom is 0.274 e. The van der Waals surface area contributed by atoms with Crippen molar-refractivity contribution in [2.24, 2.45) is 14.1 Å². The molecule has 3 aromatic carbocycles. The Kier molecular flexibility index (Phi) is 7.67. The lowest BCUT2D eigenvalue weighted by Crippen LogP contribution is -2.19. The Labute approximate surface area is 228 Å². The number of halogens is 3. The predicted molar refractivity (Wildman–Crippen MR) is 150 cm³/mol. The van der Waals surface area contributed by atoms with Gasteiger partial charge in [0.15, 0.2) is 11.5 Å². The zero-order valence-corrected chi connectivity index (χ0v) is 23.9. The maximum absolute atomic E-state index is 12.4. The van der Waals surface area contributed by atoms with Gasteiger partial charge in [-0.05, 0) is 67.8 Å². The van der Waals surface area contributed by atoms with E-state index in [0.29, 0.717) is 33.8 Å². The number of ether oxygens (including phenoxy) is 2. The fraction of sp³-hybridized carbons (Fsp3) is 0.200. The second kappa shape index (κ2) is 10.6. The highest BCUT2D eigenvalue weighted by Gasteiger charge is 2.18. The second-order valence-corrected chi connectivity index (χ2v) is 10.0. The first-order chi connectivity index (χ1) is 17.2. The Morgan fingerprint density at radius 1 is 0.861 bits per heavy atom. The Bertz CT molecular complexity index is 1700. The molecule has 1 N–H and O–H groups in total. The van der Waals surface area contributed by atoms with Crippen LogP contribution in [-0.4, -0.2) is 33.4 Å². The van der Waals surface area contributed by atoms with Gasteiger partial charge in [-0.15, -0.1) is 0 Å². The molecule has 2 aromatic heterocycles. The summed E-state index contributed by atoms with van der Waals surface area (Å²) in [5, 5.41) is 4.86. The van der Waals surface area contributed by atoms with E-state index in [2.05, 4.69) is 37.0 Å². The summed E-state index contributed by atoms with van der Waals surface area (Å²) in [6, 6.07) is 14.8. The minimum Gasteiger partial charge on any atom is -0.493 e. The number of nitrogens with one attached hydrogen (secondary N) is 1. The molecular formula is C25H23Br2ClN4O4. The monoisotopic (exact) mass is 636 g/mol. The van der Waals surface area contributed by atoms with Crippen molar-refractivity contribution in [3.05, 3.63) is 88.8 Å². The van der Waals surface area contributed by atoms with E-state index in [-0.39, 0.29) is 11.1 Å². The van der Waals surface area contributed by atoms with Crippen LogP contribution in [0.5, 0.6) is 11.5 Å². The van der Waals surface area contributed by atoms with Crippen molar-refractivity contribution in [2.45, 2.75) is 6.54 Å². The van der Waals surface area contributed by atoms with Gasteiger partial charge in [-0.2, -0.15) is 0 Å². The largest absolute Gasteiger partial charge is 0.493 e. The van der Waals surface area contributed by atoms with Crippen LogP contribution in [0.4, 0.5) is 0 Å². The summed E-state index contributed by atoms with van der Waals surface area (Å²) >= 11 is 13.1. The van der Waals surface area contributed by atoms with Gasteiger partial charge in [-0.25, -0.2) is 0 Å². The van der Waals surface area contributed by atoms with E-state index in [4.69, 9.17) is 21.1 Å². The number of methoxy groups -OCH3 is 2. The molecule has 5 rings (SSSR count). The van der Waals surface area contributed by atoms with Crippen molar-refractivity contribution in [3.8, 4) is 11.5 Å². The summed E-state index contributed by atoms with van der Waals surface area (Å²) in [6.45, 7) is 0.488. The molecule has 0 radical (unpaired) electrons. The van der Waals surface area contributed by atoms with Gasteiger partial charge in [-0.3, -0.25) is 28.7 Å². The zero-order valence-electron chi connectivity index (χ0n) is 19.9. The van der Waals surface area contributed by atoms with E-state index in [9.17, 15) is 9.59 Å². The van der Waals surface area contributed by atoms with Crippen LogP contribution in [-0.2, 0) is 20.6 Å². The number of rotatable bonds is 4. The highest BCUT2D eigenvalue weighted by atomic mass is 79.9. The van der Waals surface area contributed by atoms with Crippen LogP contribution in [0.25, 0.3) is 21.8 Å². The number of hydrogen-bond donors (Lipinski definition) is 1. The molecule has 0 unspecified atom stereocenters. The van der Waals surface area contributed by atoms with Crippen molar-refractivity contribution in [1.82, 2.24) is 19.1 Å². The quantitative estimate of drug-likeness (QED) is 0.284. The van der Waals surface area contributed by atoms with Gasteiger partial charge < -0.3 is 9.47 Å². The highest BCUT2D eigenvalue weighted by molar-refractivity contribution is 9.11. The minimum atomic E-state index is -0.0622. The molecule has 36 heavy (non-hydrogen) atoms. The summed E-state index contributed by atoms with van der Waals surface area (Å²) in [5.41, 5.74) is 2.30. The number of aromatic amines is 1. The maximum atomic E-state index is 12.4. The third-order valence-corrected chi connectivity index (χ3v) is 7.46. The van der Waals surface area contributed by atoms with E-state index >= 15 is 0 Å². The predicted octanol–water partition coefficient (Wildman–Crippen LogP) is 5.45. The summed E-state index contributed by atoms with van der Waals surface area (Å²) in [7, 11) is 6.59. The Morgan fingerprint density at radius 3 is 2.11 bits per heavy atom. The van der Waals surface area contributed by atoms with Crippen LogP contribution in [0.15, 0.2) is 67.1 Å². The molecule has 0 atom stereocenters. The van der Waals surface area contributed by atoms with E-state index < -0.39 is 0 Å². The van der Waals surface area contributed by atoms with Gasteiger partial charge in [0.2, 0.25) is 0 Å². The van der Waals surface area contributed by atoms with E-state index in [1.807, 2.05) is 35.0 Å². The van der Waals surface area contributed by atoms with Gasteiger partial charge in [-0.1, -0.05) is 29.8 Å². The molecule has 0 saturated carbocycles. The summed E-state index contributed by atoms with van der Waals surface area (Å²) < 4.78 is 17.2. The van der Waals surface area contributed by atoms with Crippen LogP contribution in [0.2, 0.25) is 5.02 Å². The lowest BCUT2D eigenvalue weighted by Gasteiger charge is -2.13. The average molecular weight is 639 g/mol. The van der Waals surface area contributed by atoms with Crippen LogP contribution < -0.4 is 20.6 Å². The normalized spacial score (nSPS) is 11.0. The van der Waals surface area contributed by atoms with Gasteiger partial charge in [0.05, 0.1) is 40.5 Å². The number of aromatic nitrogens is 4. The molecule has 0 spiro atoms. The minimum absolute atomic E-state index is 0.0502. The fourth-order valence-corrected chi connectivity index (χ4v) is 5.19. The smallest absolute Gasteiger partial charge is 0.274 e. The summed E-state index contributed by atoms with van der Waals surface area (Å²) in [6.07, 6.45) is 0. The van der Waals surface area contributed by atoms with Crippen molar-refractivity contribution in [1.29, 1.82) is 0 Å². The number of aryl methyl sites for hydroxylation is 1. The molecule has 0 bridgehead atoms. The number of fused-ring (bicyclic) bond motifs is 2. The molecule has 0 amide bonds. The Hall–Kier alpha value is -2.95. The van der Waals surface area contributed by atoms with Crippen LogP contribution in [0.3, 0.4) is 0 Å². The molecule has 0 saturated heterocycles. The third kappa shape index (κ3) is 4.60. The van der Waals surface area contributed by atoms with Crippen LogP contribution >= 0.6 is 43.5 Å². The molecule has 11 heteroatoms. The first kappa shape index (κ1) is 26.1. The highest BCUT2D eigenvalue weighted by Crippen LogP contribution is 2.33. The first-order valence-corrected chi connectivity index (χ1v) is 12.7. The first-order valence-electron chi connectivity index (χ1n) is 10.8. The van der Waals surface area contributed by atoms with E-state index in [1.165, 1.54) is 4.68 Å². The molecule has 0 aliphatic rings. The summed E-state index contributed by atoms with van der Waals surface area (Å²) in [4.78, 5) is 24.0. The van der Waals surface area contributed by atoms with Crippen molar-refractivity contribution >= 4 is 65.3 Å². The molecule has 0 aliphatic heterocycles. The SMILES string of the molecule is COc1c(Br)ccc2c(=O)n(C)[nH]c12.COc1c(Br)ccc2c(=O)n(C)n(Cc3ccccc3Cl)c12. The van der Waals surface area contributed by atoms with Gasteiger partial charge in [0.25, 0.3) is 11.1 Å². The Morgan fingerprint density at radius 2 is 1.47 bits per heavy atom. The molecule has 8 nitrogen and oxygen atoms in total. The average Bonchev–Trinajstić information content (AvgIpc) is 3.28. The Balaban J connectivity index is 0.000000187. The van der Waals surface area contributed by atoms with Gasteiger partial charge in [0.1, 0.15) is 11.0 Å². The number of nitrogens with zero attached hydrogens (tertiary/aromatic N) is 3. The van der Waals surface area contributed by atoms with Crippen LogP contribution in [0.1, 0.15) is 5.56 Å². The number of hydrogen-bond acceptors (Lipinski definition) is 4. The molecule has 0 fully saturated rings. The van der Waals surface area contributed by atoms with Crippen molar-refractivity contribution < 1.29 is 9.47 Å². The summed E-state index contributed by atoms with van der Waals surface area (Å²) in [5.74, 6) is 1.29. The lowest BCUT2D eigenvalue weighted by molar-refractivity contribution is 0.412. The van der Waals surface area contributed by atoms with Crippen LogP contribution in [0, 0.1) is 0 Å². The number of H-pyrrole nitrogens is 1. The molecule has 5 aromatic rings. The topological polar surface area (TPSA) is 83.2 Å². The molecule has 188 valence electrons. The lowest BCUT2D eigenvalue weighted by atomic mass is 10.2. The third-order valence-electron chi connectivity index (χ3n) is 5.84. The standard InChI is InChI=1S/C16H14BrClN2O2.C9H9BrN2O2/c1-19-16(21)11-7-8-12(17)15(22-2)14(11)20(19)9-10-5-3-4-6-13(10)18;1-12-9(13)5-3-4-6(10)8(14-2)7(5)11-12/h3-8H,9H2,1-2H3;3-4,11H,1-2H3. The number of benzene rings is 3. The zero-order chi connectivity index (χ0) is 26.1. The van der Waals surface area contributed by atoms with Gasteiger partial charge >= 0.3 is 0 Å². The molecule has 2 heterocycles. The van der Waals surface area contributed by atoms with Crippen molar-refractivity contribution in [3.63, 3.8) is 0 Å². The molecule has 0 aliphatic carbocycles. The van der Waals surface area contributed by atoms with E-state index in [1.54, 1.807) is 51.2 Å². The fourth-order valence-electron chi connectivity index (χ4n) is 4.02. The van der Waals surface area contributed by atoms with Crippen molar-refractivity contribution in [2.75, 3.05) is 14.2 Å².